The SMILES string of the molecule is N#CCSc1ccccc1NC(=O)COC(=O)C1CCCN(C(=O)c2ccc(F)cc2)C1. The van der Waals surface area contributed by atoms with Crippen LogP contribution in [0.2, 0.25) is 0 Å². The number of halogens is 1. The number of esters is 1. The summed E-state index contributed by atoms with van der Waals surface area (Å²) in [5, 5.41) is 11.4. The number of amides is 2. The number of carbonyl (C=O) groups is 3. The quantitative estimate of drug-likeness (QED) is 0.507. The molecule has 1 N–H and O–H groups in total. The first-order chi connectivity index (χ1) is 15.5. The van der Waals surface area contributed by atoms with Gasteiger partial charge in [0.05, 0.1) is 23.4 Å². The van der Waals surface area contributed by atoms with E-state index in [0.29, 0.717) is 30.6 Å². The van der Waals surface area contributed by atoms with Crippen molar-refractivity contribution in [2.24, 2.45) is 5.92 Å². The van der Waals surface area contributed by atoms with Gasteiger partial charge < -0.3 is 15.0 Å². The van der Waals surface area contributed by atoms with Gasteiger partial charge in [0.1, 0.15) is 5.82 Å². The van der Waals surface area contributed by atoms with Gasteiger partial charge in [-0.05, 0) is 49.2 Å². The number of hydrogen-bond donors (Lipinski definition) is 1. The molecule has 3 rings (SSSR count). The van der Waals surface area contributed by atoms with Crippen LogP contribution in [0.3, 0.4) is 0 Å². The Morgan fingerprint density at radius 1 is 1.19 bits per heavy atom. The van der Waals surface area contributed by atoms with Crippen LogP contribution in [0.15, 0.2) is 53.4 Å². The van der Waals surface area contributed by atoms with Crippen LogP contribution in [-0.2, 0) is 14.3 Å². The second-order valence-corrected chi connectivity index (χ2v) is 8.21. The summed E-state index contributed by atoms with van der Waals surface area (Å²) in [6.45, 7) is 0.237. The summed E-state index contributed by atoms with van der Waals surface area (Å²) in [4.78, 5) is 39.6. The fraction of sp³-hybridized carbons (Fsp3) is 0.304. The lowest BCUT2D eigenvalue weighted by atomic mass is 9.97. The van der Waals surface area contributed by atoms with Crippen LogP contribution >= 0.6 is 11.8 Å². The highest BCUT2D eigenvalue weighted by Crippen LogP contribution is 2.26. The summed E-state index contributed by atoms with van der Waals surface area (Å²) in [7, 11) is 0. The van der Waals surface area contributed by atoms with Crippen molar-refractivity contribution in [3.63, 3.8) is 0 Å². The number of likely N-dealkylation sites (tertiary alicyclic amines) is 1. The molecule has 0 bridgehead atoms. The Labute approximate surface area is 189 Å². The van der Waals surface area contributed by atoms with Gasteiger partial charge in [-0.25, -0.2) is 4.39 Å². The Hall–Kier alpha value is -3.38. The monoisotopic (exact) mass is 455 g/mol. The molecule has 2 aromatic carbocycles. The molecular weight excluding hydrogens is 433 g/mol. The molecule has 2 aromatic rings. The van der Waals surface area contributed by atoms with Gasteiger partial charge in [0.15, 0.2) is 6.61 Å². The fourth-order valence-corrected chi connectivity index (χ4v) is 4.05. The summed E-state index contributed by atoms with van der Waals surface area (Å²) in [5.41, 5.74) is 0.898. The van der Waals surface area contributed by atoms with Gasteiger partial charge in [-0.2, -0.15) is 5.26 Å². The number of benzene rings is 2. The molecular formula is C23H22FN3O4S. The first kappa shape index (κ1) is 23.3. The Morgan fingerprint density at radius 2 is 1.94 bits per heavy atom. The van der Waals surface area contributed by atoms with E-state index in [4.69, 9.17) is 10.00 Å². The smallest absolute Gasteiger partial charge is 0.311 e. The Bertz CT molecular complexity index is 1020. The standard InChI is InChI=1S/C23H22FN3O4S/c24-18-9-7-16(8-10-18)22(29)27-12-3-4-17(14-27)23(30)31-15-21(28)26-19-5-1-2-6-20(19)32-13-11-25/h1-2,5-10,17H,3-4,12-15H2,(H,26,28). The topological polar surface area (TPSA) is 99.5 Å². The largest absolute Gasteiger partial charge is 0.455 e. The van der Waals surface area contributed by atoms with Crippen molar-refractivity contribution in [1.82, 2.24) is 4.90 Å². The van der Waals surface area contributed by atoms with E-state index in [1.54, 1.807) is 29.2 Å². The molecule has 2 amide bonds. The molecule has 0 aromatic heterocycles. The minimum atomic E-state index is -0.538. The summed E-state index contributed by atoms with van der Waals surface area (Å²) in [5.74, 6) is -2.00. The van der Waals surface area contributed by atoms with Crippen molar-refractivity contribution >= 4 is 35.2 Å². The van der Waals surface area contributed by atoms with E-state index in [1.807, 2.05) is 6.07 Å². The number of piperidine rings is 1. The zero-order chi connectivity index (χ0) is 22.9. The number of ether oxygens (including phenoxy) is 1. The van der Waals surface area contributed by atoms with Crippen molar-refractivity contribution < 1.29 is 23.5 Å². The third-order valence-corrected chi connectivity index (χ3v) is 5.87. The van der Waals surface area contributed by atoms with Gasteiger partial charge in [-0.1, -0.05) is 12.1 Å². The van der Waals surface area contributed by atoms with E-state index in [-0.39, 0.29) is 18.2 Å². The molecule has 1 unspecified atom stereocenters. The molecule has 0 saturated carbocycles. The van der Waals surface area contributed by atoms with Crippen molar-refractivity contribution in [2.45, 2.75) is 17.7 Å². The van der Waals surface area contributed by atoms with Gasteiger partial charge in [0, 0.05) is 23.5 Å². The lowest BCUT2D eigenvalue weighted by Crippen LogP contribution is -2.43. The zero-order valence-electron chi connectivity index (χ0n) is 17.3. The number of hydrogen-bond acceptors (Lipinski definition) is 6. The molecule has 1 aliphatic rings. The molecule has 1 saturated heterocycles. The molecule has 32 heavy (non-hydrogen) atoms. The van der Waals surface area contributed by atoms with Crippen molar-refractivity contribution in [2.75, 3.05) is 30.8 Å². The third kappa shape index (κ3) is 6.31. The number of nitrogens with one attached hydrogen (secondary N) is 1. The number of anilines is 1. The number of rotatable bonds is 7. The van der Waals surface area contributed by atoms with E-state index >= 15 is 0 Å². The highest BCUT2D eigenvalue weighted by Gasteiger charge is 2.30. The first-order valence-corrected chi connectivity index (χ1v) is 11.1. The second-order valence-electron chi connectivity index (χ2n) is 7.20. The maximum Gasteiger partial charge on any atom is 0.311 e. The summed E-state index contributed by atoms with van der Waals surface area (Å²) in [6, 6.07) is 14.4. The molecule has 1 heterocycles. The van der Waals surface area contributed by atoms with Crippen LogP contribution in [0.25, 0.3) is 0 Å². The van der Waals surface area contributed by atoms with Gasteiger partial charge in [0.25, 0.3) is 11.8 Å². The minimum absolute atomic E-state index is 0.185. The Morgan fingerprint density at radius 3 is 2.69 bits per heavy atom. The minimum Gasteiger partial charge on any atom is -0.455 e. The number of carbonyl (C=O) groups excluding carboxylic acids is 3. The summed E-state index contributed by atoms with van der Waals surface area (Å²) < 4.78 is 18.3. The summed E-state index contributed by atoms with van der Waals surface area (Å²) in [6.07, 6.45) is 1.18. The normalized spacial score (nSPS) is 15.5. The van der Waals surface area contributed by atoms with Crippen LogP contribution in [0.5, 0.6) is 0 Å². The highest BCUT2D eigenvalue weighted by atomic mass is 32.2. The number of thioether (sulfide) groups is 1. The van der Waals surface area contributed by atoms with Crippen LogP contribution in [0.1, 0.15) is 23.2 Å². The Kier molecular flexibility index (Phi) is 8.22. The van der Waals surface area contributed by atoms with Crippen molar-refractivity contribution in [1.29, 1.82) is 5.26 Å². The van der Waals surface area contributed by atoms with E-state index in [0.717, 1.165) is 4.90 Å². The second kappa shape index (κ2) is 11.3. The lowest BCUT2D eigenvalue weighted by molar-refractivity contribution is -0.152. The number of nitrogens with zero attached hydrogens (tertiary/aromatic N) is 2. The molecule has 0 spiro atoms. The van der Waals surface area contributed by atoms with E-state index in [1.165, 1.54) is 36.0 Å². The van der Waals surface area contributed by atoms with Gasteiger partial charge in [-0.15, -0.1) is 11.8 Å². The van der Waals surface area contributed by atoms with Gasteiger partial charge in [0.2, 0.25) is 0 Å². The predicted octanol–water partition coefficient (Wildman–Crippen LogP) is 3.48. The maximum absolute atomic E-state index is 13.1. The van der Waals surface area contributed by atoms with Crippen molar-refractivity contribution in [3.8, 4) is 6.07 Å². The molecule has 0 aliphatic carbocycles. The van der Waals surface area contributed by atoms with Crippen LogP contribution in [0.4, 0.5) is 10.1 Å². The van der Waals surface area contributed by atoms with Crippen LogP contribution < -0.4 is 5.32 Å². The van der Waals surface area contributed by atoms with Gasteiger partial charge >= 0.3 is 5.97 Å². The molecule has 1 atom stereocenters. The maximum atomic E-state index is 13.1. The predicted molar refractivity (Wildman–Crippen MR) is 117 cm³/mol. The van der Waals surface area contributed by atoms with E-state index in [2.05, 4.69) is 5.32 Å². The average molecular weight is 456 g/mol. The number of nitriles is 1. The Balaban J connectivity index is 1.51. The third-order valence-electron chi connectivity index (χ3n) is 4.93. The first-order valence-electron chi connectivity index (χ1n) is 10.1. The molecule has 166 valence electrons. The molecule has 0 radical (unpaired) electrons. The van der Waals surface area contributed by atoms with E-state index in [9.17, 15) is 18.8 Å². The highest BCUT2D eigenvalue weighted by molar-refractivity contribution is 7.99. The number of para-hydroxylation sites is 1. The van der Waals surface area contributed by atoms with Crippen LogP contribution in [-0.4, -0.2) is 48.1 Å². The molecule has 9 heteroatoms. The zero-order valence-corrected chi connectivity index (χ0v) is 18.1. The fourth-order valence-electron chi connectivity index (χ4n) is 3.38. The molecule has 7 nitrogen and oxygen atoms in total. The average Bonchev–Trinajstić information content (AvgIpc) is 2.82. The van der Waals surface area contributed by atoms with Gasteiger partial charge in [-0.3, -0.25) is 14.4 Å². The van der Waals surface area contributed by atoms with Crippen LogP contribution in [0, 0.1) is 23.1 Å². The molecule has 1 aliphatic heterocycles. The molecule has 1 fully saturated rings. The summed E-state index contributed by atoms with van der Waals surface area (Å²) >= 11 is 1.30. The lowest BCUT2D eigenvalue weighted by Gasteiger charge is -2.31. The van der Waals surface area contributed by atoms with E-state index < -0.39 is 30.2 Å². The van der Waals surface area contributed by atoms with Crippen molar-refractivity contribution in [3.05, 3.63) is 59.9 Å².